The molecule has 164 valence electrons. The number of phenolic OH excluding ortho intramolecular Hbond substituents is 3. The van der Waals surface area contributed by atoms with E-state index in [1.54, 1.807) is 0 Å². The molecular weight excluding hydrogens is 420 g/mol. The molecule has 0 bridgehead atoms. The predicted molar refractivity (Wildman–Crippen MR) is 97.3 cm³/mol. The highest BCUT2D eigenvalue weighted by Gasteiger charge is 2.40. The first-order valence-electron chi connectivity index (χ1n) is 8.59. The Hall–Kier alpha value is -4.03. The number of carbonyl (C=O) groups excluding carboxylic acids is 1. The molecule has 0 aliphatic carbocycles. The van der Waals surface area contributed by atoms with Crippen LogP contribution >= 0.6 is 0 Å². The fourth-order valence-electron chi connectivity index (χ4n) is 2.97. The van der Waals surface area contributed by atoms with Gasteiger partial charge in [-0.15, -0.1) is 0 Å². The topological polar surface area (TPSA) is 211 Å². The number of ether oxygens (including phenoxy) is 2. The number of rotatable bonds is 6. The van der Waals surface area contributed by atoms with Gasteiger partial charge in [-0.2, -0.15) is 0 Å². The molecule has 2 aromatic carbocycles. The first kappa shape index (κ1) is 21.7. The average Bonchev–Trinajstić information content (AvgIpc) is 2.69. The van der Waals surface area contributed by atoms with Crippen molar-refractivity contribution in [1.29, 1.82) is 0 Å². The van der Waals surface area contributed by atoms with E-state index in [1.165, 1.54) is 6.07 Å². The maximum absolute atomic E-state index is 12.6. The number of carbonyl (C=O) groups is 3. The maximum Gasteiger partial charge on any atom is 0.348 e. The quantitative estimate of drug-likeness (QED) is 0.292. The normalized spacial score (nSPS) is 19.6. The van der Waals surface area contributed by atoms with Crippen LogP contribution in [0.5, 0.6) is 28.7 Å². The summed E-state index contributed by atoms with van der Waals surface area (Å²) in [4.78, 5) is 34.7. The molecule has 1 aliphatic heterocycles. The Kier molecular flexibility index (Phi) is 5.60. The SMILES string of the molecule is O=C(O)C(O)C(Oc1cc(O)c2c(c1)OC(c1ccc(O)c(O)c1)C(O)C2=O)C(=O)O. The highest BCUT2D eigenvalue weighted by Crippen LogP contribution is 2.43. The number of hydrogen-bond donors (Lipinski definition) is 7. The summed E-state index contributed by atoms with van der Waals surface area (Å²) in [6.45, 7) is 0. The van der Waals surface area contributed by atoms with Gasteiger partial charge in [-0.25, -0.2) is 9.59 Å². The lowest BCUT2D eigenvalue weighted by molar-refractivity contribution is -0.163. The Labute approximate surface area is 172 Å². The molecule has 31 heavy (non-hydrogen) atoms. The minimum atomic E-state index is -2.44. The van der Waals surface area contributed by atoms with Gasteiger partial charge in [0.1, 0.15) is 22.8 Å². The third-order valence-electron chi connectivity index (χ3n) is 4.48. The van der Waals surface area contributed by atoms with Gasteiger partial charge in [0.05, 0.1) is 0 Å². The molecule has 1 aliphatic rings. The largest absolute Gasteiger partial charge is 0.507 e. The van der Waals surface area contributed by atoms with Crippen molar-refractivity contribution in [2.75, 3.05) is 0 Å². The van der Waals surface area contributed by atoms with Gasteiger partial charge >= 0.3 is 11.9 Å². The van der Waals surface area contributed by atoms with Crippen LogP contribution < -0.4 is 9.47 Å². The fraction of sp³-hybridized carbons (Fsp3) is 0.211. The van der Waals surface area contributed by atoms with Crippen LogP contribution in [0.3, 0.4) is 0 Å². The molecular formula is C19H16O12. The van der Waals surface area contributed by atoms with Crippen molar-refractivity contribution in [1.82, 2.24) is 0 Å². The molecule has 0 saturated heterocycles. The molecule has 4 unspecified atom stereocenters. The van der Waals surface area contributed by atoms with E-state index < -0.39 is 70.7 Å². The molecule has 12 nitrogen and oxygen atoms in total. The van der Waals surface area contributed by atoms with Crippen LogP contribution in [-0.4, -0.2) is 71.8 Å². The van der Waals surface area contributed by atoms with Gasteiger partial charge in [-0.3, -0.25) is 4.79 Å². The average molecular weight is 436 g/mol. The van der Waals surface area contributed by atoms with Crippen LogP contribution in [-0.2, 0) is 9.59 Å². The van der Waals surface area contributed by atoms with Gasteiger partial charge in [0.15, 0.2) is 29.8 Å². The number of aromatic hydroxyl groups is 3. The van der Waals surface area contributed by atoms with Gasteiger partial charge in [0.25, 0.3) is 0 Å². The Morgan fingerprint density at radius 2 is 1.65 bits per heavy atom. The molecule has 0 fully saturated rings. The minimum absolute atomic E-state index is 0.0947. The number of carboxylic acids is 2. The third-order valence-corrected chi connectivity index (χ3v) is 4.48. The number of benzene rings is 2. The standard InChI is InChI=1S/C19H16O12/c20-8-2-1-6(3-9(8)21)16-14(24)13(23)12-10(22)4-7(5-11(12)31-16)30-17(19(28)29)15(25)18(26)27/h1-5,14-17,20-22,24-25H,(H,26,27)(H,28,29). The highest BCUT2D eigenvalue weighted by molar-refractivity contribution is 6.05. The highest BCUT2D eigenvalue weighted by atomic mass is 16.5. The summed E-state index contributed by atoms with van der Waals surface area (Å²) in [5.74, 6) is -7.16. The summed E-state index contributed by atoms with van der Waals surface area (Å²) in [5.41, 5.74) is -0.345. The number of aliphatic hydroxyl groups is 2. The number of carboxylic acid groups (broad SMARTS) is 2. The molecule has 2 aromatic rings. The van der Waals surface area contributed by atoms with Crippen molar-refractivity contribution in [3.8, 4) is 28.7 Å². The molecule has 0 aromatic heterocycles. The van der Waals surface area contributed by atoms with E-state index in [-0.39, 0.29) is 11.3 Å². The number of Topliss-reactive ketones (excluding diaryl/α,β-unsaturated/α-hetero) is 1. The van der Waals surface area contributed by atoms with Crippen molar-refractivity contribution in [2.45, 2.75) is 24.4 Å². The molecule has 0 radical (unpaired) electrons. The van der Waals surface area contributed by atoms with E-state index in [9.17, 15) is 39.9 Å². The van der Waals surface area contributed by atoms with Gasteiger partial charge in [0.2, 0.25) is 11.9 Å². The fourth-order valence-corrected chi connectivity index (χ4v) is 2.97. The second-order valence-electron chi connectivity index (χ2n) is 6.57. The Bertz CT molecular complexity index is 1060. The van der Waals surface area contributed by atoms with E-state index in [0.717, 1.165) is 24.3 Å². The zero-order valence-electron chi connectivity index (χ0n) is 15.4. The Morgan fingerprint density at radius 1 is 0.968 bits per heavy atom. The van der Waals surface area contributed by atoms with Crippen LogP contribution in [0.15, 0.2) is 30.3 Å². The molecule has 4 atom stereocenters. The van der Waals surface area contributed by atoms with E-state index in [1.807, 2.05) is 0 Å². The van der Waals surface area contributed by atoms with Crippen LogP contribution in [0.25, 0.3) is 0 Å². The van der Waals surface area contributed by atoms with Gasteiger partial charge in [-0.05, 0) is 17.7 Å². The predicted octanol–water partition coefficient (Wildman–Crippen LogP) is -0.242. The lowest BCUT2D eigenvalue weighted by Crippen LogP contribution is -2.43. The van der Waals surface area contributed by atoms with Gasteiger partial charge in [0, 0.05) is 12.1 Å². The number of fused-ring (bicyclic) bond motifs is 1. The zero-order valence-corrected chi connectivity index (χ0v) is 15.4. The van der Waals surface area contributed by atoms with Crippen molar-refractivity contribution >= 4 is 17.7 Å². The minimum Gasteiger partial charge on any atom is -0.507 e. The van der Waals surface area contributed by atoms with Crippen LogP contribution in [0, 0.1) is 0 Å². The lowest BCUT2D eigenvalue weighted by atomic mass is 9.92. The zero-order chi connectivity index (χ0) is 23.0. The van der Waals surface area contributed by atoms with E-state index in [2.05, 4.69) is 0 Å². The van der Waals surface area contributed by atoms with Crippen molar-refractivity contribution in [3.05, 3.63) is 41.5 Å². The van der Waals surface area contributed by atoms with Crippen molar-refractivity contribution in [3.63, 3.8) is 0 Å². The second-order valence-corrected chi connectivity index (χ2v) is 6.57. The number of aliphatic carboxylic acids is 2. The number of phenols is 3. The van der Waals surface area contributed by atoms with Gasteiger partial charge in [-0.1, -0.05) is 6.07 Å². The molecule has 12 heteroatoms. The van der Waals surface area contributed by atoms with Crippen molar-refractivity contribution in [2.24, 2.45) is 0 Å². The van der Waals surface area contributed by atoms with Crippen LogP contribution in [0.4, 0.5) is 0 Å². The summed E-state index contributed by atoms with van der Waals surface area (Å²) in [5, 5.41) is 67.0. The molecule has 0 saturated carbocycles. The van der Waals surface area contributed by atoms with Crippen LogP contribution in [0.1, 0.15) is 22.0 Å². The van der Waals surface area contributed by atoms with E-state index >= 15 is 0 Å². The molecule has 1 heterocycles. The van der Waals surface area contributed by atoms with Crippen molar-refractivity contribution < 1.29 is 59.6 Å². The molecule has 3 rings (SSSR count). The van der Waals surface area contributed by atoms with E-state index in [4.69, 9.17) is 19.7 Å². The third kappa shape index (κ3) is 4.01. The summed E-state index contributed by atoms with van der Waals surface area (Å²) in [6, 6.07) is 5.18. The summed E-state index contributed by atoms with van der Waals surface area (Å²) < 4.78 is 10.5. The van der Waals surface area contributed by atoms with E-state index in [0.29, 0.717) is 0 Å². The maximum atomic E-state index is 12.6. The summed E-state index contributed by atoms with van der Waals surface area (Å²) in [6.07, 6.45) is -7.85. The first-order chi connectivity index (χ1) is 14.5. The Morgan fingerprint density at radius 3 is 2.23 bits per heavy atom. The van der Waals surface area contributed by atoms with Gasteiger partial charge < -0.3 is 45.2 Å². The first-order valence-corrected chi connectivity index (χ1v) is 8.59. The summed E-state index contributed by atoms with van der Waals surface area (Å²) in [7, 11) is 0. The molecule has 7 N–H and O–H groups in total. The Balaban J connectivity index is 1.99. The smallest absolute Gasteiger partial charge is 0.348 e. The van der Waals surface area contributed by atoms with Crippen LogP contribution in [0.2, 0.25) is 0 Å². The second kappa shape index (κ2) is 8.01. The lowest BCUT2D eigenvalue weighted by Gasteiger charge is -2.30. The monoisotopic (exact) mass is 436 g/mol. The number of hydrogen-bond acceptors (Lipinski definition) is 10. The number of aliphatic hydroxyl groups excluding tert-OH is 2. The number of ketones is 1. The summed E-state index contributed by atoms with van der Waals surface area (Å²) >= 11 is 0. The molecule has 0 amide bonds. The molecule has 0 spiro atoms.